The zero-order valence-corrected chi connectivity index (χ0v) is 11.0. The Morgan fingerprint density at radius 1 is 1.39 bits per heavy atom. The molecule has 1 saturated carbocycles. The van der Waals surface area contributed by atoms with Crippen molar-refractivity contribution in [1.29, 1.82) is 0 Å². The van der Waals surface area contributed by atoms with E-state index in [1.54, 1.807) is 0 Å². The SMILES string of the molecule is C[C@@H]1C[C@@H]2C(=O)C(O)=C3CCN4CCC[C@H]2[C@]34C1. The molecule has 0 unspecified atom stereocenters. The van der Waals surface area contributed by atoms with Crippen LogP contribution in [-0.4, -0.2) is 34.4 Å². The first-order valence-corrected chi connectivity index (χ1v) is 7.36. The summed E-state index contributed by atoms with van der Waals surface area (Å²) < 4.78 is 0. The summed E-state index contributed by atoms with van der Waals surface area (Å²) in [5.74, 6) is 1.40. The third-order valence-electron chi connectivity index (χ3n) is 5.93. The Balaban J connectivity index is 1.95. The second-order valence-electron chi connectivity index (χ2n) is 6.75. The molecule has 2 aliphatic carbocycles. The Labute approximate surface area is 108 Å². The predicted molar refractivity (Wildman–Crippen MR) is 68.2 cm³/mol. The van der Waals surface area contributed by atoms with Crippen molar-refractivity contribution in [3.05, 3.63) is 11.3 Å². The molecule has 3 nitrogen and oxygen atoms in total. The van der Waals surface area contributed by atoms with E-state index in [2.05, 4.69) is 11.8 Å². The number of hydrogen-bond acceptors (Lipinski definition) is 3. The fourth-order valence-corrected chi connectivity index (χ4v) is 5.45. The molecule has 4 rings (SSSR count). The van der Waals surface area contributed by atoms with Crippen molar-refractivity contribution in [2.75, 3.05) is 13.1 Å². The van der Waals surface area contributed by atoms with Gasteiger partial charge in [-0.3, -0.25) is 9.69 Å². The molecule has 0 radical (unpaired) electrons. The van der Waals surface area contributed by atoms with Gasteiger partial charge in [0.05, 0.1) is 0 Å². The molecule has 3 fully saturated rings. The van der Waals surface area contributed by atoms with Crippen LogP contribution in [-0.2, 0) is 4.79 Å². The maximum Gasteiger partial charge on any atom is 0.200 e. The summed E-state index contributed by atoms with van der Waals surface area (Å²) in [6.45, 7) is 4.47. The minimum Gasteiger partial charge on any atom is -0.504 e. The number of carbonyl (C=O) groups excluding carboxylic acids is 1. The van der Waals surface area contributed by atoms with E-state index in [1.165, 1.54) is 12.8 Å². The van der Waals surface area contributed by atoms with Crippen molar-refractivity contribution in [3.63, 3.8) is 0 Å². The van der Waals surface area contributed by atoms with Gasteiger partial charge in [-0.2, -0.15) is 0 Å². The van der Waals surface area contributed by atoms with Gasteiger partial charge in [-0.1, -0.05) is 6.92 Å². The van der Waals surface area contributed by atoms with E-state index in [1.807, 2.05) is 0 Å². The number of rotatable bonds is 0. The van der Waals surface area contributed by atoms with Crippen molar-refractivity contribution < 1.29 is 9.90 Å². The lowest BCUT2D eigenvalue weighted by Crippen LogP contribution is -2.63. The summed E-state index contributed by atoms with van der Waals surface area (Å²) in [5.41, 5.74) is 1.17. The molecule has 4 atom stereocenters. The van der Waals surface area contributed by atoms with Crippen molar-refractivity contribution >= 4 is 5.78 Å². The molecule has 3 heteroatoms. The largest absolute Gasteiger partial charge is 0.504 e. The molecule has 1 spiro atoms. The van der Waals surface area contributed by atoms with E-state index >= 15 is 0 Å². The maximum absolute atomic E-state index is 12.4. The third-order valence-corrected chi connectivity index (χ3v) is 5.93. The van der Waals surface area contributed by atoms with Crippen molar-refractivity contribution in [3.8, 4) is 0 Å². The molecule has 1 N–H and O–H groups in total. The Morgan fingerprint density at radius 3 is 3.06 bits per heavy atom. The van der Waals surface area contributed by atoms with Crippen LogP contribution < -0.4 is 0 Å². The quantitative estimate of drug-likeness (QED) is 0.714. The predicted octanol–water partition coefficient (Wildman–Crippen LogP) is 2.28. The number of hydrogen-bond donors (Lipinski definition) is 1. The van der Waals surface area contributed by atoms with Gasteiger partial charge < -0.3 is 5.11 Å². The van der Waals surface area contributed by atoms with Crippen LogP contribution in [0.25, 0.3) is 0 Å². The van der Waals surface area contributed by atoms with Gasteiger partial charge in [0.2, 0.25) is 5.78 Å². The van der Waals surface area contributed by atoms with Gasteiger partial charge in [0.25, 0.3) is 0 Å². The van der Waals surface area contributed by atoms with E-state index < -0.39 is 0 Å². The number of nitrogens with zero attached hydrogens (tertiary/aromatic N) is 1. The van der Waals surface area contributed by atoms with Gasteiger partial charge in [0.15, 0.2) is 5.76 Å². The van der Waals surface area contributed by atoms with Crippen LogP contribution in [0, 0.1) is 17.8 Å². The number of aliphatic hydroxyl groups excluding tert-OH is 1. The number of allylic oxidation sites excluding steroid dienone is 1. The van der Waals surface area contributed by atoms with Crippen molar-refractivity contribution in [1.82, 2.24) is 4.90 Å². The van der Waals surface area contributed by atoms with Gasteiger partial charge >= 0.3 is 0 Å². The molecule has 98 valence electrons. The Kier molecular flexibility index (Phi) is 2.07. The summed E-state index contributed by atoms with van der Waals surface area (Å²) in [6.07, 6.45) is 5.44. The van der Waals surface area contributed by atoms with Crippen LogP contribution >= 0.6 is 0 Å². The summed E-state index contributed by atoms with van der Waals surface area (Å²) in [4.78, 5) is 15.0. The summed E-state index contributed by atoms with van der Waals surface area (Å²) in [5, 5.41) is 10.3. The number of ketones is 1. The first-order chi connectivity index (χ1) is 8.64. The van der Waals surface area contributed by atoms with E-state index in [9.17, 15) is 9.90 Å². The highest BCUT2D eigenvalue weighted by atomic mass is 16.3. The maximum atomic E-state index is 12.4. The fourth-order valence-electron chi connectivity index (χ4n) is 5.45. The number of Topliss-reactive ketones (excluding diaryl/α,β-unsaturated/α-hetero) is 1. The molecule has 2 aliphatic heterocycles. The summed E-state index contributed by atoms with van der Waals surface area (Å²) in [7, 11) is 0. The highest BCUT2D eigenvalue weighted by Gasteiger charge is 2.62. The standard InChI is InChI=1S/C15H21NO2/c1-9-7-10-11-3-2-5-16-6-4-12(14(18)13(10)17)15(11,16)8-9/h9-11,18H,2-8H2,1H3/t9-,10+,11-,15-/m1/s1. The smallest absolute Gasteiger partial charge is 0.200 e. The molecule has 0 aromatic rings. The third kappa shape index (κ3) is 1.08. The second-order valence-corrected chi connectivity index (χ2v) is 6.75. The molecule has 0 aromatic carbocycles. The molecule has 2 bridgehead atoms. The number of aliphatic hydroxyl groups is 1. The molecule has 0 amide bonds. The lowest BCUT2D eigenvalue weighted by atomic mass is 9.54. The number of piperidine rings is 1. The lowest BCUT2D eigenvalue weighted by molar-refractivity contribution is -0.134. The van der Waals surface area contributed by atoms with Crippen LogP contribution in [0.2, 0.25) is 0 Å². The van der Waals surface area contributed by atoms with E-state index in [0.29, 0.717) is 11.8 Å². The highest BCUT2D eigenvalue weighted by molar-refractivity contribution is 5.98. The molecule has 4 aliphatic rings. The van der Waals surface area contributed by atoms with E-state index in [0.717, 1.165) is 37.9 Å². The summed E-state index contributed by atoms with van der Waals surface area (Å²) in [6, 6.07) is 0. The monoisotopic (exact) mass is 247 g/mol. The number of carbonyl (C=O) groups is 1. The first kappa shape index (κ1) is 11.0. The average Bonchev–Trinajstić information content (AvgIpc) is 2.71. The van der Waals surface area contributed by atoms with Crippen LogP contribution in [0.3, 0.4) is 0 Å². The highest BCUT2D eigenvalue weighted by Crippen LogP contribution is 2.59. The lowest BCUT2D eigenvalue weighted by Gasteiger charge is -2.57. The molecule has 0 aromatic heterocycles. The molecular formula is C15H21NO2. The Morgan fingerprint density at radius 2 is 2.22 bits per heavy atom. The normalized spacial score (nSPS) is 47.4. The minimum absolute atomic E-state index is 0.0564. The molecule has 2 saturated heterocycles. The minimum atomic E-state index is 0.0564. The van der Waals surface area contributed by atoms with Crippen LogP contribution in [0.5, 0.6) is 0 Å². The van der Waals surface area contributed by atoms with Crippen molar-refractivity contribution in [2.45, 2.75) is 44.6 Å². The Hall–Kier alpha value is -0.830. The van der Waals surface area contributed by atoms with Gasteiger partial charge in [-0.25, -0.2) is 0 Å². The van der Waals surface area contributed by atoms with Gasteiger partial charge in [0.1, 0.15) is 0 Å². The van der Waals surface area contributed by atoms with Crippen LogP contribution in [0.4, 0.5) is 0 Å². The average molecular weight is 247 g/mol. The van der Waals surface area contributed by atoms with Crippen molar-refractivity contribution in [2.24, 2.45) is 17.8 Å². The van der Waals surface area contributed by atoms with Gasteiger partial charge in [-0.05, 0) is 56.1 Å². The van der Waals surface area contributed by atoms with E-state index in [-0.39, 0.29) is 23.0 Å². The van der Waals surface area contributed by atoms with Crippen LogP contribution in [0.15, 0.2) is 11.3 Å². The molecule has 18 heavy (non-hydrogen) atoms. The zero-order chi connectivity index (χ0) is 12.5. The summed E-state index contributed by atoms with van der Waals surface area (Å²) >= 11 is 0. The zero-order valence-electron chi connectivity index (χ0n) is 11.0. The van der Waals surface area contributed by atoms with Crippen LogP contribution in [0.1, 0.15) is 39.0 Å². The first-order valence-electron chi connectivity index (χ1n) is 7.36. The van der Waals surface area contributed by atoms with Gasteiger partial charge in [-0.15, -0.1) is 0 Å². The molecule has 2 heterocycles. The van der Waals surface area contributed by atoms with E-state index in [4.69, 9.17) is 0 Å². The topological polar surface area (TPSA) is 40.5 Å². The Bertz CT molecular complexity index is 455. The second kappa shape index (κ2) is 3.38. The van der Waals surface area contributed by atoms with Gasteiger partial charge in [0, 0.05) is 18.0 Å². The molecular weight excluding hydrogens is 226 g/mol. The fraction of sp³-hybridized carbons (Fsp3) is 0.800.